The minimum atomic E-state index is -1.48. The van der Waals surface area contributed by atoms with E-state index >= 15 is 0 Å². The molecule has 4 saturated carbocycles. The maximum atomic E-state index is 14.5. The highest BCUT2D eigenvalue weighted by Crippen LogP contribution is 2.75. The Balaban J connectivity index is 1.81. The van der Waals surface area contributed by atoms with Crippen LogP contribution in [0.25, 0.3) is 0 Å². The average Bonchev–Trinajstić information content (AvgIpc) is 2.91. The van der Waals surface area contributed by atoms with Crippen molar-refractivity contribution in [2.24, 2.45) is 39.9 Å². The molecule has 10 nitrogen and oxygen atoms in total. The van der Waals surface area contributed by atoms with Crippen molar-refractivity contribution in [3.63, 3.8) is 0 Å². The lowest BCUT2D eigenvalue weighted by molar-refractivity contribution is -0.359. The van der Waals surface area contributed by atoms with Gasteiger partial charge in [-0.15, -0.1) is 0 Å². The summed E-state index contributed by atoms with van der Waals surface area (Å²) in [6.07, 6.45) is -0.719. The molecule has 1 heterocycles. The molecule has 4 aliphatic carbocycles. The second-order valence-electron chi connectivity index (χ2n) is 12.4. The lowest BCUT2D eigenvalue weighted by Gasteiger charge is -2.70. The van der Waals surface area contributed by atoms with Gasteiger partial charge in [0, 0.05) is 50.9 Å². The molecular formula is C28H38O10. The molecule has 0 N–H and O–H groups in total. The van der Waals surface area contributed by atoms with Crippen LogP contribution >= 0.6 is 0 Å². The van der Waals surface area contributed by atoms with Crippen molar-refractivity contribution >= 4 is 29.7 Å². The number of rotatable bonds is 4. The normalized spacial score (nSPS) is 46.7. The summed E-state index contributed by atoms with van der Waals surface area (Å²) in [6.45, 7) is 9.49. The van der Waals surface area contributed by atoms with Gasteiger partial charge >= 0.3 is 23.9 Å². The van der Waals surface area contributed by atoms with Crippen LogP contribution in [0.15, 0.2) is 0 Å². The molecule has 5 rings (SSSR count). The van der Waals surface area contributed by atoms with Gasteiger partial charge in [-0.2, -0.15) is 0 Å². The summed E-state index contributed by atoms with van der Waals surface area (Å²) < 4.78 is 30.1. The Kier molecular flexibility index (Phi) is 6.44. The lowest BCUT2D eigenvalue weighted by Crippen LogP contribution is -2.76. The number of fused-ring (bicyclic) bond motifs is 1. The summed E-state index contributed by atoms with van der Waals surface area (Å²) in [5.41, 5.74) is -2.75. The van der Waals surface area contributed by atoms with Gasteiger partial charge in [-0.25, -0.2) is 0 Å². The molecule has 4 bridgehead atoms. The maximum absolute atomic E-state index is 14.5. The molecule has 0 aromatic carbocycles. The van der Waals surface area contributed by atoms with Gasteiger partial charge in [0.15, 0.2) is 0 Å². The van der Waals surface area contributed by atoms with E-state index in [2.05, 4.69) is 6.92 Å². The van der Waals surface area contributed by atoms with Gasteiger partial charge in [-0.05, 0) is 37.0 Å². The molecule has 1 spiro atoms. The number of ketones is 1. The van der Waals surface area contributed by atoms with Crippen LogP contribution in [0.3, 0.4) is 0 Å². The Hall–Kier alpha value is -2.49. The van der Waals surface area contributed by atoms with Crippen molar-refractivity contribution in [1.82, 2.24) is 0 Å². The number of carbonyl (C=O) groups is 5. The zero-order chi connectivity index (χ0) is 27.8. The standard InChI is InChI=1S/C28H38O10/c1-13-18-10-19(35-14(2)29)22-27-9-7-8-26(6,12-34-25(27)38-17(5)32)20(27)11-21(36-15(3)30)28(22,23(13)33)24(18)37-16(4)31/h13,18-22,24-25H,7-12H2,1-6H3/t13-,18+,19+,20-,21-,22+,24-,25-,26+,27+,28-/m1/s1. The third-order valence-electron chi connectivity index (χ3n) is 10.3. The molecule has 1 aliphatic heterocycles. The second kappa shape index (κ2) is 9.03. The van der Waals surface area contributed by atoms with Crippen molar-refractivity contribution in [1.29, 1.82) is 0 Å². The quantitative estimate of drug-likeness (QED) is 0.392. The van der Waals surface area contributed by atoms with E-state index in [9.17, 15) is 24.0 Å². The van der Waals surface area contributed by atoms with E-state index < -0.39 is 77.1 Å². The van der Waals surface area contributed by atoms with Gasteiger partial charge in [0.25, 0.3) is 0 Å². The van der Waals surface area contributed by atoms with E-state index in [-0.39, 0.29) is 17.1 Å². The van der Waals surface area contributed by atoms with E-state index in [1.165, 1.54) is 27.7 Å². The third kappa shape index (κ3) is 3.58. The number of hydrogen-bond acceptors (Lipinski definition) is 10. The summed E-state index contributed by atoms with van der Waals surface area (Å²) in [6, 6.07) is 0. The van der Waals surface area contributed by atoms with Crippen molar-refractivity contribution in [2.75, 3.05) is 6.61 Å². The van der Waals surface area contributed by atoms with Crippen LogP contribution < -0.4 is 0 Å². The predicted octanol–water partition coefficient (Wildman–Crippen LogP) is 2.74. The number of carbonyl (C=O) groups excluding carboxylic acids is 5. The minimum Gasteiger partial charge on any atom is -0.462 e. The Morgan fingerprint density at radius 2 is 1.50 bits per heavy atom. The topological polar surface area (TPSA) is 132 Å². The predicted molar refractivity (Wildman–Crippen MR) is 129 cm³/mol. The van der Waals surface area contributed by atoms with E-state index in [4.69, 9.17) is 23.7 Å². The largest absolute Gasteiger partial charge is 0.462 e. The molecule has 0 amide bonds. The number of Topliss-reactive ketones (excluding diaryl/α,β-unsaturated/α-hetero) is 1. The first kappa shape index (κ1) is 27.1. The fraction of sp³-hybridized carbons (Fsp3) is 0.821. The van der Waals surface area contributed by atoms with Crippen molar-refractivity contribution in [3.05, 3.63) is 0 Å². The Morgan fingerprint density at radius 3 is 2.11 bits per heavy atom. The summed E-state index contributed by atoms with van der Waals surface area (Å²) in [7, 11) is 0. The van der Waals surface area contributed by atoms with E-state index in [1.54, 1.807) is 6.92 Å². The Morgan fingerprint density at radius 1 is 0.868 bits per heavy atom. The third-order valence-corrected chi connectivity index (χ3v) is 10.3. The van der Waals surface area contributed by atoms with Crippen LogP contribution in [0.4, 0.5) is 0 Å². The number of ether oxygens (including phenoxy) is 5. The highest BCUT2D eigenvalue weighted by Gasteiger charge is 2.83. The Labute approximate surface area is 222 Å². The molecule has 5 aliphatic rings. The van der Waals surface area contributed by atoms with Crippen LogP contribution in [0.2, 0.25) is 0 Å². The maximum Gasteiger partial charge on any atom is 0.304 e. The van der Waals surface area contributed by atoms with Gasteiger partial charge in [0.05, 0.1) is 6.61 Å². The fourth-order valence-corrected chi connectivity index (χ4v) is 9.49. The monoisotopic (exact) mass is 534 g/mol. The number of hydrogen-bond donors (Lipinski definition) is 0. The van der Waals surface area contributed by atoms with Gasteiger partial charge in [0.1, 0.15) is 29.5 Å². The van der Waals surface area contributed by atoms with Crippen LogP contribution in [0.5, 0.6) is 0 Å². The molecular weight excluding hydrogens is 496 g/mol. The first-order valence-electron chi connectivity index (χ1n) is 13.6. The molecule has 0 aromatic heterocycles. The molecule has 11 atom stereocenters. The minimum absolute atomic E-state index is 0.168. The smallest absolute Gasteiger partial charge is 0.304 e. The SMILES string of the molecule is CC(=O)O[C@H]1OC[C@]2(C)CCC[C@@]13[C@@H]2C[C@@H](OC(C)=O)[C@]12C(=O)[C@H](C)[C@H](C[C@H](OC(C)=O)[C@@H]31)[C@H]2OC(C)=O. The molecule has 10 heteroatoms. The van der Waals surface area contributed by atoms with Gasteiger partial charge in [-0.3, -0.25) is 24.0 Å². The zero-order valence-corrected chi connectivity index (χ0v) is 22.9. The molecule has 1 saturated heterocycles. The van der Waals surface area contributed by atoms with Crippen LogP contribution in [-0.4, -0.2) is 60.9 Å². The zero-order valence-electron chi connectivity index (χ0n) is 22.9. The summed E-state index contributed by atoms with van der Waals surface area (Å²) in [4.78, 5) is 64.3. The second-order valence-corrected chi connectivity index (χ2v) is 12.4. The lowest BCUT2D eigenvalue weighted by atomic mass is 9.37. The fourth-order valence-electron chi connectivity index (χ4n) is 9.49. The van der Waals surface area contributed by atoms with E-state index in [1.807, 2.05) is 0 Å². The van der Waals surface area contributed by atoms with Crippen molar-refractivity contribution < 1.29 is 47.7 Å². The van der Waals surface area contributed by atoms with E-state index in [0.717, 1.165) is 12.8 Å². The molecule has 38 heavy (non-hydrogen) atoms. The van der Waals surface area contributed by atoms with Gasteiger partial charge < -0.3 is 23.7 Å². The van der Waals surface area contributed by atoms with Crippen LogP contribution in [0, 0.1) is 39.9 Å². The van der Waals surface area contributed by atoms with Crippen molar-refractivity contribution in [2.45, 2.75) is 98.2 Å². The number of esters is 4. The molecule has 0 aromatic rings. The highest BCUT2D eigenvalue weighted by molar-refractivity contribution is 5.93. The molecule has 0 radical (unpaired) electrons. The average molecular weight is 535 g/mol. The van der Waals surface area contributed by atoms with Crippen molar-refractivity contribution in [3.8, 4) is 0 Å². The molecule has 5 fully saturated rings. The van der Waals surface area contributed by atoms with E-state index in [0.29, 0.717) is 25.9 Å². The van der Waals surface area contributed by atoms with Crippen LogP contribution in [0.1, 0.15) is 73.6 Å². The first-order chi connectivity index (χ1) is 17.8. The van der Waals surface area contributed by atoms with Gasteiger partial charge in [0.2, 0.25) is 6.29 Å². The first-order valence-corrected chi connectivity index (χ1v) is 13.6. The highest BCUT2D eigenvalue weighted by atomic mass is 16.7. The summed E-state index contributed by atoms with van der Waals surface area (Å²) in [5.74, 6) is -4.17. The van der Waals surface area contributed by atoms with Crippen LogP contribution in [-0.2, 0) is 47.7 Å². The molecule has 0 unspecified atom stereocenters. The summed E-state index contributed by atoms with van der Waals surface area (Å²) >= 11 is 0. The molecule has 210 valence electrons. The summed E-state index contributed by atoms with van der Waals surface area (Å²) in [5, 5.41) is 0. The Bertz CT molecular complexity index is 1070. The van der Waals surface area contributed by atoms with Gasteiger partial charge in [-0.1, -0.05) is 20.3 Å².